The molecule has 0 aliphatic rings. The Morgan fingerprint density at radius 3 is 2.23 bits per heavy atom. The minimum Gasteiger partial charge on any atom is -0.480 e. The highest BCUT2D eigenvalue weighted by atomic mass is 35.5. The maximum Gasteiger partial charge on any atom is 0.416 e. The first-order valence-electron chi connectivity index (χ1n) is 15.9. The lowest BCUT2D eigenvalue weighted by Crippen LogP contribution is -2.35. The zero-order valence-corrected chi connectivity index (χ0v) is 34.0. The summed E-state index contributed by atoms with van der Waals surface area (Å²) < 4.78 is 74.6. The number of carbonyl (C=O) groups excluding carboxylic acids is 1. The number of pyridine rings is 1. The number of hydrogen-bond donors (Lipinski definition) is 4. The van der Waals surface area contributed by atoms with E-state index in [0.29, 0.717) is 34.2 Å². The Morgan fingerprint density at radius 1 is 0.983 bits per heavy atom. The van der Waals surface area contributed by atoms with Crippen LogP contribution in [0.2, 0.25) is 20.1 Å². The first kappa shape index (κ1) is 46.4. The number of benzene rings is 3. The standard InChI is InChI=1S/C12H12ClN5O4S.C11H8ClNO3.C10H5Cl2F3N4O2/c1-7-14-10(17-12(15-7)22-2)16-11(19)18-23(20,21)9-6-4-3-5-8(9)13;12-8-3-4-9(16-6-10(14)15)11-7(8)2-1-5-13-11;11-5-1-4(10(13,14)15)2-6(12)8(5)18-9(16)7(3-17-18)19(20)21/h3-6H,1-2H3,(H2,14,15,16,17,18,19);1-5H,6H2,(H,14,15);1-3H,16H2. The molecular weight excluding hydrogens is 911 g/mol. The number of aliphatic carboxylic acids is 1. The van der Waals surface area contributed by atoms with Crippen LogP contribution in [0.5, 0.6) is 11.8 Å². The van der Waals surface area contributed by atoms with E-state index in [1.807, 2.05) is 4.72 Å². The number of rotatable bonds is 9. The van der Waals surface area contributed by atoms with Gasteiger partial charge >= 0.3 is 29.9 Å². The van der Waals surface area contributed by atoms with Gasteiger partial charge in [0.1, 0.15) is 33.9 Å². The number of nitrogens with one attached hydrogen (secondary N) is 2. The number of methoxy groups -OCH3 is 1. The Kier molecular flexibility index (Phi) is 15.2. The number of urea groups is 1. The number of alkyl halides is 3. The lowest BCUT2D eigenvalue weighted by Gasteiger charge is -2.12. The highest BCUT2D eigenvalue weighted by Crippen LogP contribution is 2.39. The van der Waals surface area contributed by atoms with Crippen molar-refractivity contribution < 1.29 is 50.7 Å². The Balaban J connectivity index is 0.000000201. The topological polar surface area (TPSA) is 270 Å². The van der Waals surface area contributed by atoms with Crippen LogP contribution in [0, 0.1) is 17.0 Å². The third-order valence-corrected chi connectivity index (χ3v) is 9.79. The number of fused-ring (bicyclic) bond motifs is 1. The quantitative estimate of drug-likeness (QED) is 0.0813. The van der Waals surface area contributed by atoms with Crippen molar-refractivity contribution in [3.05, 3.63) is 115 Å². The van der Waals surface area contributed by atoms with Gasteiger partial charge in [0.05, 0.1) is 37.7 Å². The zero-order chi connectivity index (χ0) is 44.5. The molecule has 0 saturated heterocycles. The van der Waals surface area contributed by atoms with Gasteiger partial charge < -0.3 is 20.3 Å². The fraction of sp³-hybridized carbons (Fsp3) is 0.121. The summed E-state index contributed by atoms with van der Waals surface area (Å²) in [6, 6.07) is 12.8. The molecular formula is C33H25Cl4F3N10O9S. The number of nitrogen functional groups attached to an aromatic ring is 1. The van der Waals surface area contributed by atoms with E-state index in [4.69, 9.17) is 66.7 Å². The van der Waals surface area contributed by atoms with Crippen molar-refractivity contribution in [1.82, 2.24) is 34.4 Å². The van der Waals surface area contributed by atoms with E-state index in [-0.39, 0.29) is 37.6 Å². The molecule has 60 heavy (non-hydrogen) atoms. The molecule has 2 amide bonds. The van der Waals surface area contributed by atoms with Gasteiger partial charge in [0.15, 0.2) is 6.61 Å². The maximum atomic E-state index is 12.6. The van der Waals surface area contributed by atoms with Gasteiger partial charge in [-0.1, -0.05) is 58.5 Å². The molecule has 0 aliphatic heterocycles. The van der Waals surface area contributed by atoms with Crippen molar-refractivity contribution in [1.29, 1.82) is 0 Å². The van der Waals surface area contributed by atoms with Gasteiger partial charge in [-0.3, -0.25) is 20.4 Å². The molecule has 19 nitrogen and oxygen atoms in total. The van der Waals surface area contributed by atoms with Crippen molar-refractivity contribution in [3.8, 4) is 17.4 Å². The average Bonchev–Trinajstić information content (AvgIpc) is 3.54. The molecule has 3 aromatic carbocycles. The number of carboxylic acids is 1. The molecule has 0 atom stereocenters. The molecule has 6 rings (SSSR count). The summed E-state index contributed by atoms with van der Waals surface area (Å²) in [5, 5.41) is 25.5. The van der Waals surface area contributed by atoms with E-state index < -0.39 is 56.8 Å². The molecule has 0 spiro atoms. The Hall–Kier alpha value is -6.27. The van der Waals surface area contributed by atoms with Gasteiger partial charge in [-0.25, -0.2) is 27.4 Å². The van der Waals surface area contributed by atoms with E-state index in [9.17, 15) is 41.3 Å². The molecule has 0 unspecified atom stereocenters. The van der Waals surface area contributed by atoms with E-state index in [1.165, 1.54) is 25.3 Å². The van der Waals surface area contributed by atoms with Gasteiger partial charge in [-0.05, 0) is 55.5 Å². The number of aromatic nitrogens is 6. The summed E-state index contributed by atoms with van der Waals surface area (Å²) in [5.74, 6) is -0.868. The summed E-state index contributed by atoms with van der Waals surface area (Å²) in [7, 11) is -2.78. The largest absolute Gasteiger partial charge is 0.480 e. The lowest BCUT2D eigenvalue weighted by atomic mass is 10.2. The van der Waals surface area contributed by atoms with E-state index in [1.54, 1.807) is 43.5 Å². The molecule has 0 fully saturated rings. The van der Waals surface area contributed by atoms with Crippen LogP contribution in [0.4, 0.5) is 35.4 Å². The number of hydrogen-bond acceptors (Lipinski definition) is 14. The summed E-state index contributed by atoms with van der Waals surface area (Å²) in [6.45, 7) is 1.17. The van der Waals surface area contributed by atoms with Gasteiger partial charge in [-0.15, -0.1) is 0 Å². The lowest BCUT2D eigenvalue weighted by molar-refractivity contribution is -0.383. The molecule has 316 valence electrons. The van der Waals surface area contributed by atoms with Crippen LogP contribution < -0.4 is 25.2 Å². The SMILES string of the molecule is COc1nc(C)nc(NC(=O)NS(=O)(=O)c2ccccc2Cl)n1.Nc1c([N+](=O)[O-])cnn1-c1c(Cl)cc(C(F)(F)F)cc1Cl.O=C(O)COc1ccc(Cl)c2cccnc12. The normalized spacial score (nSPS) is 11.0. The van der Waals surface area contributed by atoms with Crippen molar-refractivity contribution in [2.24, 2.45) is 0 Å². The number of carboxylic acid groups (broad SMARTS) is 1. The van der Waals surface area contributed by atoms with Gasteiger partial charge in [0, 0.05) is 11.6 Å². The summed E-state index contributed by atoms with van der Waals surface area (Å²) in [5.41, 5.74) is 4.35. The molecule has 6 aromatic rings. The third kappa shape index (κ3) is 11.9. The molecule has 0 bridgehead atoms. The van der Waals surface area contributed by atoms with Crippen molar-refractivity contribution in [3.63, 3.8) is 0 Å². The highest BCUT2D eigenvalue weighted by molar-refractivity contribution is 7.90. The Bertz CT molecular complexity index is 2670. The molecule has 0 radical (unpaired) electrons. The molecule has 3 aromatic heterocycles. The second kappa shape index (κ2) is 19.7. The average molecular weight is 936 g/mol. The molecule has 0 aliphatic carbocycles. The molecule has 3 heterocycles. The van der Waals surface area contributed by atoms with E-state index in [2.05, 4.69) is 30.4 Å². The van der Waals surface area contributed by atoms with Crippen LogP contribution >= 0.6 is 46.4 Å². The van der Waals surface area contributed by atoms with Crippen LogP contribution in [0.25, 0.3) is 16.6 Å². The fourth-order valence-corrected chi connectivity index (χ4v) is 6.83. The highest BCUT2D eigenvalue weighted by Gasteiger charge is 2.33. The minimum absolute atomic E-state index is 0.00882. The van der Waals surface area contributed by atoms with E-state index >= 15 is 0 Å². The van der Waals surface area contributed by atoms with Gasteiger partial charge in [0.25, 0.3) is 10.0 Å². The predicted octanol–water partition coefficient (Wildman–Crippen LogP) is 7.39. The summed E-state index contributed by atoms with van der Waals surface area (Å²) in [6.07, 6.45) is -2.18. The first-order chi connectivity index (χ1) is 28.1. The number of carbonyl (C=O) groups is 2. The third-order valence-electron chi connectivity index (χ3n) is 7.06. The number of ether oxygens (including phenoxy) is 2. The molecule has 5 N–H and O–H groups in total. The van der Waals surface area contributed by atoms with Crippen molar-refractivity contribution in [2.75, 3.05) is 24.8 Å². The monoisotopic (exact) mass is 934 g/mol. The van der Waals surface area contributed by atoms with Crippen LogP contribution in [0.3, 0.4) is 0 Å². The number of aryl methyl sites for hydroxylation is 1. The summed E-state index contributed by atoms with van der Waals surface area (Å²) in [4.78, 5) is 47.5. The number of anilines is 2. The fourth-order valence-electron chi connectivity index (χ4n) is 4.54. The molecule has 0 saturated carbocycles. The van der Waals surface area contributed by atoms with Crippen LogP contribution in [-0.2, 0) is 21.0 Å². The number of nitrogens with zero attached hydrogens (tertiary/aromatic N) is 7. The van der Waals surface area contributed by atoms with Crippen LogP contribution in [0.1, 0.15) is 11.4 Å². The number of sulfonamides is 1. The number of nitro groups is 1. The second-order valence-corrected chi connectivity index (χ2v) is 14.5. The smallest absolute Gasteiger partial charge is 0.416 e. The summed E-state index contributed by atoms with van der Waals surface area (Å²) >= 11 is 23.3. The van der Waals surface area contributed by atoms with Gasteiger partial charge in [0.2, 0.25) is 11.8 Å². The Morgan fingerprint density at radius 2 is 1.65 bits per heavy atom. The second-order valence-electron chi connectivity index (χ2n) is 11.2. The number of amides is 2. The zero-order valence-electron chi connectivity index (χ0n) is 30.1. The van der Waals surface area contributed by atoms with Crippen molar-refractivity contribution >= 4 is 96.8 Å². The number of nitrogens with two attached hydrogens (primary N) is 1. The van der Waals surface area contributed by atoms with Crippen LogP contribution in [-0.4, -0.2) is 73.9 Å². The Labute approximate surface area is 355 Å². The van der Waals surface area contributed by atoms with E-state index in [0.717, 1.165) is 16.3 Å². The number of halogens is 7. The van der Waals surface area contributed by atoms with Crippen LogP contribution in [0.15, 0.2) is 78.0 Å². The minimum atomic E-state index is -4.63. The molecule has 27 heteroatoms. The first-order valence-corrected chi connectivity index (χ1v) is 18.9. The van der Waals surface area contributed by atoms with Crippen molar-refractivity contribution in [2.45, 2.75) is 18.0 Å². The predicted molar refractivity (Wildman–Crippen MR) is 211 cm³/mol. The maximum absolute atomic E-state index is 12.6. The van der Waals surface area contributed by atoms with Gasteiger partial charge in [-0.2, -0.15) is 33.2 Å².